The molecular weight excluding hydrogens is 495 g/mol. The van der Waals surface area contributed by atoms with Crippen LogP contribution in [0.2, 0.25) is 0 Å². The fourth-order valence-electron chi connectivity index (χ4n) is 4.22. The van der Waals surface area contributed by atoms with Crippen LogP contribution in [-0.4, -0.2) is 20.4 Å². The highest BCUT2D eigenvalue weighted by Crippen LogP contribution is 2.31. The average molecular weight is 513 g/mol. The van der Waals surface area contributed by atoms with Crippen LogP contribution in [-0.2, 0) is 6.18 Å². The first kappa shape index (κ1) is 24.6. The van der Waals surface area contributed by atoms with Crippen molar-refractivity contribution in [2.75, 3.05) is 0 Å². The Morgan fingerprint density at radius 2 is 1.76 bits per heavy atom. The summed E-state index contributed by atoms with van der Waals surface area (Å²) in [7, 11) is 0. The first-order valence-corrected chi connectivity index (χ1v) is 11.5. The second-order valence-electron chi connectivity index (χ2n) is 8.60. The number of pyridine rings is 3. The van der Waals surface area contributed by atoms with Crippen LogP contribution < -0.4 is 10.9 Å². The number of nitrogens with one attached hydrogen (secondary N) is 1. The number of alkyl halides is 3. The first-order chi connectivity index (χ1) is 18.2. The number of hydrogen-bond acceptors (Lipinski definition) is 5. The molecule has 1 amide bonds. The van der Waals surface area contributed by atoms with Crippen LogP contribution >= 0.6 is 0 Å². The SMILES string of the molecule is C[C@H](NC(=O)c1cnc2c(c1)c1cc(C#N)ccc1c(=O)n2-c1ccc(C(F)(F)F)cc1)c1ccccn1. The molecule has 1 N–H and O–H groups in total. The van der Waals surface area contributed by atoms with Gasteiger partial charge in [-0.05, 0) is 73.0 Å². The van der Waals surface area contributed by atoms with Crippen molar-refractivity contribution in [3.8, 4) is 11.8 Å². The summed E-state index contributed by atoms with van der Waals surface area (Å²) >= 11 is 0. The maximum atomic E-state index is 13.5. The third-order valence-corrected chi connectivity index (χ3v) is 6.14. The Hall–Kier alpha value is -5.04. The van der Waals surface area contributed by atoms with E-state index >= 15 is 0 Å². The molecule has 3 aromatic heterocycles. The zero-order valence-electron chi connectivity index (χ0n) is 19.8. The summed E-state index contributed by atoms with van der Waals surface area (Å²) in [4.78, 5) is 35.2. The molecular formula is C28H18F3N5O2. The Balaban J connectivity index is 1.68. The fraction of sp³-hybridized carbons (Fsp3) is 0.107. The molecule has 3 heterocycles. The number of halogens is 3. The zero-order chi connectivity index (χ0) is 27.0. The smallest absolute Gasteiger partial charge is 0.344 e. The molecule has 0 unspecified atom stereocenters. The molecule has 2 aromatic carbocycles. The molecule has 38 heavy (non-hydrogen) atoms. The maximum absolute atomic E-state index is 13.5. The van der Waals surface area contributed by atoms with E-state index in [0.717, 1.165) is 12.1 Å². The number of nitrogens with zero attached hydrogens (tertiary/aromatic N) is 4. The number of fused-ring (bicyclic) bond motifs is 3. The van der Waals surface area contributed by atoms with Gasteiger partial charge >= 0.3 is 6.18 Å². The molecule has 0 aliphatic rings. The Bertz CT molecular complexity index is 1790. The quantitative estimate of drug-likeness (QED) is 0.328. The molecule has 0 radical (unpaired) electrons. The molecule has 5 aromatic rings. The molecule has 188 valence electrons. The van der Waals surface area contributed by atoms with Crippen LogP contribution in [0.3, 0.4) is 0 Å². The Morgan fingerprint density at radius 3 is 2.42 bits per heavy atom. The third-order valence-electron chi connectivity index (χ3n) is 6.14. The lowest BCUT2D eigenvalue weighted by Gasteiger charge is -2.16. The van der Waals surface area contributed by atoms with Crippen molar-refractivity contribution < 1.29 is 18.0 Å². The van der Waals surface area contributed by atoms with E-state index in [1.165, 1.54) is 41.1 Å². The van der Waals surface area contributed by atoms with E-state index in [1.807, 2.05) is 12.1 Å². The molecule has 0 aliphatic heterocycles. The summed E-state index contributed by atoms with van der Waals surface area (Å²) in [5.41, 5.74) is 0.0807. The number of benzene rings is 2. The summed E-state index contributed by atoms with van der Waals surface area (Å²) in [5.74, 6) is -0.436. The minimum absolute atomic E-state index is 0.131. The second-order valence-corrected chi connectivity index (χ2v) is 8.60. The van der Waals surface area contributed by atoms with Crippen molar-refractivity contribution in [2.45, 2.75) is 19.1 Å². The molecule has 0 saturated carbocycles. The van der Waals surface area contributed by atoms with Crippen LogP contribution in [0.15, 0.2) is 83.9 Å². The summed E-state index contributed by atoms with van der Waals surface area (Å²) in [5, 5.41) is 13.3. The minimum Gasteiger partial charge on any atom is -0.344 e. The van der Waals surface area contributed by atoms with E-state index in [2.05, 4.69) is 15.3 Å². The van der Waals surface area contributed by atoms with E-state index in [4.69, 9.17) is 0 Å². The molecule has 5 rings (SSSR count). The summed E-state index contributed by atoms with van der Waals surface area (Å²) in [6.45, 7) is 1.78. The molecule has 0 bridgehead atoms. The number of amides is 1. The van der Waals surface area contributed by atoms with Gasteiger partial charge in [0.15, 0.2) is 0 Å². The van der Waals surface area contributed by atoms with Gasteiger partial charge in [0.2, 0.25) is 0 Å². The van der Waals surface area contributed by atoms with E-state index < -0.39 is 29.2 Å². The van der Waals surface area contributed by atoms with Crippen LogP contribution in [0.1, 0.15) is 40.1 Å². The lowest BCUT2D eigenvalue weighted by atomic mass is 10.0. The first-order valence-electron chi connectivity index (χ1n) is 11.5. The largest absolute Gasteiger partial charge is 0.416 e. The van der Waals surface area contributed by atoms with Crippen molar-refractivity contribution in [3.63, 3.8) is 0 Å². The van der Waals surface area contributed by atoms with Gasteiger partial charge in [0.1, 0.15) is 5.65 Å². The zero-order valence-corrected chi connectivity index (χ0v) is 19.8. The number of carbonyl (C=O) groups excluding carboxylic acids is 1. The van der Waals surface area contributed by atoms with Crippen LogP contribution in [0.25, 0.3) is 27.5 Å². The van der Waals surface area contributed by atoms with Gasteiger partial charge in [0.25, 0.3) is 11.5 Å². The number of hydrogen-bond donors (Lipinski definition) is 1. The molecule has 0 spiro atoms. The number of nitriles is 1. The molecule has 10 heteroatoms. The molecule has 1 atom stereocenters. The van der Waals surface area contributed by atoms with Gasteiger partial charge < -0.3 is 5.32 Å². The fourth-order valence-corrected chi connectivity index (χ4v) is 4.22. The second kappa shape index (κ2) is 9.44. The summed E-state index contributed by atoms with van der Waals surface area (Å²) < 4.78 is 40.5. The van der Waals surface area contributed by atoms with Gasteiger partial charge in [-0.15, -0.1) is 0 Å². The monoisotopic (exact) mass is 513 g/mol. The normalized spacial score (nSPS) is 12.3. The molecule has 7 nitrogen and oxygen atoms in total. The van der Waals surface area contributed by atoms with E-state index in [0.29, 0.717) is 22.0 Å². The molecule has 0 saturated heterocycles. The van der Waals surface area contributed by atoms with Crippen molar-refractivity contribution in [1.29, 1.82) is 5.26 Å². The highest BCUT2D eigenvalue weighted by molar-refractivity contribution is 6.08. The van der Waals surface area contributed by atoms with Gasteiger partial charge in [-0.2, -0.15) is 18.4 Å². The van der Waals surface area contributed by atoms with Crippen molar-refractivity contribution in [2.24, 2.45) is 0 Å². The van der Waals surface area contributed by atoms with Gasteiger partial charge in [0, 0.05) is 23.2 Å². The number of aromatic nitrogens is 3. The van der Waals surface area contributed by atoms with E-state index in [-0.39, 0.29) is 22.3 Å². The van der Waals surface area contributed by atoms with Crippen molar-refractivity contribution in [3.05, 3.63) is 112 Å². The maximum Gasteiger partial charge on any atom is 0.416 e. The highest BCUT2D eigenvalue weighted by atomic mass is 19.4. The third kappa shape index (κ3) is 4.46. The van der Waals surface area contributed by atoms with Crippen LogP contribution in [0.4, 0.5) is 13.2 Å². The van der Waals surface area contributed by atoms with E-state index in [1.54, 1.807) is 31.3 Å². The van der Waals surface area contributed by atoms with Gasteiger partial charge in [-0.25, -0.2) is 4.98 Å². The molecule has 0 aliphatic carbocycles. The highest BCUT2D eigenvalue weighted by Gasteiger charge is 2.30. The summed E-state index contributed by atoms with van der Waals surface area (Å²) in [6.07, 6.45) is -1.62. The van der Waals surface area contributed by atoms with Crippen molar-refractivity contribution in [1.82, 2.24) is 19.9 Å². The Morgan fingerprint density at radius 1 is 1.00 bits per heavy atom. The van der Waals surface area contributed by atoms with Gasteiger partial charge in [-0.1, -0.05) is 6.07 Å². The molecule has 0 fully saturated rings. The van der Waals surface area contributed by atoms with Crippen molar-refractivity contribution >= 4 is 27.7 Å². The Kier molecular flexibility index (Phi) is 6.12. The van der Waals surface area contributed by atoms with Gasteiger partial charge in [-0.3, -0.25) is 19.1 Å². The standard InChI is InChI=1S/C28H18F3N5O2/c1-16(24-4-2-3-11-33-24)35-26(37)18-13-23-22-12-17(14-32)5-10-21(22)27(38)36(25(23)34-15-18)20-8-6-19(7-9-20)28(29,30)31/h2-13,15-16H,1H3,(H,35,37)/t16-/m0/s1. The predicted octanol–water partition coefficient (Wildman–Crippen LogP) is 5.32. The average Bonchev–Trinajstić information content (AvgIpc) is 2.93. The lowest BCUT2D eigenvalue weighted by molar-refractivity contribution is -0.137. The van der Waals surface area contributed by atoms with Crippen LogP contribution in [0, 0.1) is 11.3 Å². The number of rotatable bonds is 4. The predicted molar refractivity (Wildman–Crippen MR) is 135 cm³/mol. The topological polar surface area (TPSA) is 101 Å². The van der Waals surface area contributed by atoms with Crippen LogP contribution in [0.5, 0.6) is 0 Å². The van der Waals surface area contributed by atoms with Gasteiger partial charge in [0.05, 0.1) is 40.2 Å². The lowest BCUT2D eigenvalue weighted by Crippen LogP contribution is -2.27. The van der Waals surface area contributed by atoms with E-state index in [9.17, 15) is 28.0 Å². The Labute approximate surface area is 213 Å². The summed E-state index contributed by atoms with van der Waals surface area (Å²) in [6, 6.07) is 17.2. The number of carbonyl (C=O) groups is 1. The minimum atomic E-state index is -4.53.